The highest BCUT2D eigenvalue weighted by atomic mass is 16.5. The zero-order valence-electron chi connectivity index (χ0n) is 9.81. The van der Waals surface area contributed by atoms with E-state index in [-0.39, 0.29) is 12.1 Å². The Labute approximate surface area is 91.4 Å². The fraction of sp³-hybridized carbons (Fsp3) is 0.727. The van der Waals surface area contributed by atoms with Crippen LogP contribution in [0, 0.1) is 0 Å². The average Bonchev–Trinajstić information content (AvgIpc) is 2.62. The predicted octanol–water partition coefficient (Wildman–Crippen LogP) is 1.20. The van der Waals surface area contributed by atoms with Crippen LogP contribution in [0.25, 0.3) is 0 Å². The molecule has 0 amide bonds. The van der Waals surface area contributed by atoms with Gasteiger partial charge in [-0.25, -0.2) is 4.98 Å². The second kappa shape index (κ2) is 5.88. The molecule has 1 heterocycles. The minimum absolute atomic E-state index is 0.0279. The fourth-order valence-electron chi connectivity index (χ4n) is 1.43. The van der Waals surface area contributed by atoms with E-state index in [1.165, 1.54) is 0 Å². The molecule has 1 atom stereocenters. The molecule has 1 rings (SSSR count). The van der Waals surface area contributed by atoms with E-state index in [1.807, 2.05) is 26.2 Å². The van der Waals surface area contributed by atoms with Crippen molar-refractivity contribution in [3.8, 4) is 0 Å². The Kier molecular flexibility index (Phi) is 4.78. The van der Waals surface area contributed by atoms with Gasteiger partial charge in [-0.15, -0.1) is 0 Å². The van der Waals surface area contributed by atoms with Gasteiger partial charge in [-0.1, -0.05) is 0 Å². The quantitative estimate of drug-likeness (QED) is 0.769. The number of imidazole rings is 1. The first-order valence-corrected chi connectivity index (χ1v) is 5.50. The first kappa shape index (κ1) is 12.2. The standard InChI is InChI=1S/C11H21N3O/c1-4-14-6-5-13-11(14)7-10(12)8-15-9(2)3/h5-6,9-10H,4,7-8,12H2,1-3H3. The number of rotatable bonds is 6. The third-order valence-corrected chi connectivity index (χ3v) is 2.23. The van der Waals surface area contributed by atoms with Crippen LogP contribution in [0.4, 0.5) is 0 Å². The van der Waals surface area contributed by atoms with E-state index in [4.69, 9.17) is 10.5 Å². The molecule has 0 aliphatic heterocycles. The summed E-state index contributed by atoms with van der Waals surface area (Å²) in [6, 6.07) is 0.0279. The minimum atomic E-state index is 0.0279. The molecule has 4 heteroatoms. The second-order valence-corrected chi connectivity index (χ2v) is 3.98. The Morgan fingerprint density at radius 2 is 2.27 bits per heavy atom. The second-order valence-electron chi connectivity index (χ2n) is 3.98. The van der Waals surface area contributed by atoms with Gasteiger partial charge in [0, 0.05) is 31.4 Å². The molecule has 0 fully saturated rings. The van der Waals surface area contributed by atoms with Crippen molar-refractivity contribution in [1.82, 2.24) is 9.55 Å². The van der Waals surface area contributed by atoms with Gasteiger partial charge in [0.05, 0.1) is 12.7 Å². The number of ether oxygens (including phenoxy) is 1. The lowest BCUT2D eigenvalue weighted by Crippen LogP contribution is -2.31. The normalized spacial score (nSPS) is 13.4. The van der Waals surface area contributed by atoms with Crippen molar-refractivity contribution < 1.29 is 4.74 Å². The summed E-state index contributed by atoms with van der Waals surface area (Å²) in [5, 5.41) is 0. The fourth-order valence-corrected chi connectivity index (χ4v) is 1.43. The summed E-state index contributed by atoms with van der Waals surface area (Å²) in [6.07, 6.45) is 4.80. The summed E-state index contributed by atoms with van der Waals surface area (Å²) in [5.41, 5.74) is 5.96. The smallest absolute Gasteiger partial charge is 0.110 e. The van der Waals surface area contributed by atoms with Crippen LogP contribution in [0.2, 0.25) is 0 Å². The molecular weight excluding hydrogens is 190 g/mol. The zero-order valence-corrected chi connectivity index (χ0v) is 9.81. The molecule has 86 valence electrons. The van der Waals surface area contributed by atoms with Gasteiger partial charge < -0.3 is 15.0 Å². The van der Waals surface area contributed by atoms with Gasteiger partial charge in [-0.3, -0.25) is 0 Å². The van der Waals surface area contributed by atoms with Crippen molar-refractivity contribution in [2.24, 2.45) is 5.73 Å². The predicted molar refractivity (Wildman–Crippen MR) is 60.7 cm³/mol. The molecule has 4 nitrogen and oxygen atoms in total. The number of aromatic nitrogens is 2. The van der Waals surface area contributed by atoms with Crippen LogP contribution >= 0.6 is 0 Å². The van der Waals surface area contributed by atoms with Crippen LogP contribution in [0.3, 0.4) is 0 Å². The molecule has 0 bridgehead atoms. The lowest BCUT2D eigenvalue weighted by molar-refractivity contribution is 0.0679. The van der Waals surface area contributed by atoms with E-state index in [0.717, 1.165) is 18.8 Å². The van der Waals surface area contributed by atoms with Crippen LogP contribution in [-0.2, 0) is 17.7 Å². The molecule has 15 heavy (non-hydrogen) atoms. The van der Waals surface area contributed by atoms with Gasteiger partial charge in [0.25, 0.3) is 0 Å². The molecule has 0 aromatic carbocycles. The Morgan fingerprint density at radius 1 is 1.53 bits per heavy atom. The third-order valence-electron chi connectivity index (χ3n) is 2.23. The summed E-state index contributed by atoms with van der Waals surface area (Å²) in [6.45, 7) is 7.65. The topological polar surface area (TPSA) is 53.1 Å². The van der Waals surface area contributed by atoms with Crippen LogP contribution in [0.5, 0.6) is 0 Å². The molecule has 0 saturated heterocycles. The maximum Gasteiger partial charge on any atom is 0.110 e. The average molecular weight is 211 g/mol. The summed E-state index contributed by atoms with van der Waals surface area (Å²) >= 11 is 0. The number of aryl methyl sites for hydroxylation is 1. The lowest BCUT2D eigenvalue weighted by Gasteiger charge is -2.14. The van der Waals surface area contributed by atoms with E-state index in [0.29, 0.717) is 6.61 Å². The molecule has 0 spiro atoms. The van der Waals surface area contributed by atoms with Crippen molar-refractivity contribution in [2.75, 3.05) is 6.61 Å². The highest BCUT2D eigenvalue weighted by Crippen LogP contribution is 2.02. The number of hydrogen-bond acceptors (Lipinski definition) is 3. The van der Waals surface area contributed by atoms with Crippen molar-refractivity contribution in [1.29, 1.82) is 0 Å². The highest BCUT2D eigenvalue weighted by molar-refractivity contribution is 4.94. The molecule has 1 aromatic rings. The number of nitrogens with zero attached hydrogens (tertiary/aromatic N) is 2. The van der Waals surface area contributed by atoms with Gasteiger partial charge in [-0.2, -0.15) is 0 Å². The summed E-state index contributed by atoms with van der Waals surface area (Å²) in [4.78, 5) is 4.28. The lowest BCUT2D eigenvalue weighted by atomic mass is 10.2. The van der Waals surface area contributed by atoms with Crippen molar-refractivity contribution >= 4 is 0 Å². The first-order chi connectivity index (χ1) is 7.13. The highest BCUT2D eigenvalue weighted by Gasteiger charge is 2.09. The molecule has 0 saturated carbocycles. The summed E-state index contributed by atoms with van der Waals surface area (Å²) in [5.74, 6) is 1.04. The van der Waals surface area contributed by atoms with Gasteiger partial charge in [0.15, 0.2) is 0 Å². The largest absolute Gasteiger partial charge is 0.377 e. The van der Waals surface area contributed by atoms with Crippen molar-refractivity contribution in [3.63, 3.8) is 0 Å². The van der Waals surface area contributed by atoms with E-state index in [9.17, 15) is 0 Å². The monoisotopic (exact) mass is 211 g/mol. The van der Waals surface area contributed by atoms with Crippen molar-refractivity contribution in [3.05, 3.63) is 18.2 Å². The first-order valence-electron chi connectivity index (χ1n) is 5.50. The van der Waals surface area contributed by atoms with E-state index >= 15 is 0 Å². The SMILES string of the molecule is CCn1ccnc1CC(N)COC(C)C. The maximum absolute atomic E-state index is 5.96. The summed E-state index contributed by atoms with van der Waals surface area (Å²) < 4.78 is 7.57. The Bertz CT molecular complexity index is 283. The molecule has 1 unspecified atom stereocenters. The van der Waals surface area contributed by atoms with Crippen molar-refractivity contribution in [2.45, 2.75) is 45.9 Å². The molecule has 0 aliphatic carbocycles. The number of hydrogen-bond donors (Lipinski definition) is 1. The minimum Gasteiger partial charge on any atom is -0.377 e. The molecule has 0 radical (unpaired) electrons. The van der Waals surface area contributed by atoms with Gasteiger partial charge in [0.1, 0.15) is 5.82 Å². The number of nitrogens with two attached hydrogens (primary N) is 1. The van der Waals surface area contributed by atoms with E-state index in [1.54, 1.807) is 0 Å². The van der Waals surface area contributed by atoms with Crippen LogP contribution in [-0.4, -0.2) is 28.3 Å². The van der Waals surface area contributed by atoms with E-state index < -0.39 is 0 Å². The van der Waals surface area contributed by atoms with Gasteiger partial charge >= 0.3 is 0 Å². The van der Waals surface area contributed by atoms with E-state index in [2.05, 4.69) is 16.5 Å². The molecule has 2 N–H and O–H groups in total. The Morgan fingerprint density at radius 3 is 2.87 bits per heavy atom. The third kappa shape index (κ3) is 4.01. The molecular formula is C11H21N3O. The Balaban J connectivity index is 2.40. The Hall–Kier alpha value is -0.870. The van der Waals surface area contributed by atoms with Gasteiger partial charge in [-0.05, 0) is 20.8 Å². The maximum atomic E-state index is 5.96. The van der Waals surface area contributed by atoms with Crippen LogP contribution < -0.4 is 5.73 Å². The molecule has 1 aromatic heterocycles. The summed E-state index contributed by atoms with van der Waals surface area (Å²) in [7, 11) is 0. The van der Waals surface area contributed by atoms with Crippen LogP contribution in [0.15, 0.2) is 12.4 Å². The molecule has 0 aliphatic rings. The zero-order chi connectivity index (χ0) is 11.3. The van der Waals surface area contributed by atoms with Crippen LogP contribution in [0.1, 0.15) is 26.6 Å². The van der Waals surface area contributed by atoms with Gasteiger partial charge in [0.2, 0.25) is 0 Å².